The lowest BCUT2D eigenvalue weighted by Crippen LogP contribution is -2.16. The van der Waals surface area contributed by atoms with E-state index in [2.05, 4.69) is 11.9 Å². The molecule has 1 saturated carbocycles. The number of aromatic nitrogens is 1. The lowest BCUT2D eigenvalue weighted by atomic mass is 9.87. The summed E-state index contributed by atoms with van der Waals surface area (Å²) in [6.45, 7) is 4.21. The first kappa shape index (κ1) is 10.6. The Morgan fingerprint density at radius 1 is 1.47 bits per heavy atom. The summed E-state index contributed by atoms with van der Waals surface area (Å²) in [6.07, 6.45) is 5.11. The van der Waals surface area contributed by atoms with Crippen LogP contribution in [0.5, 0.6) is 0 Å². The van der Waals surface area contributed by atoms with Crippen LogP contribution in [0.1, 0.15) is 43.5 Å². The Labute approximate surface area is 91.4 Å². The molecular formula is C13H19NO. The zero-order chi connectivity index (χ0) is 10.8. The van der Waals surface area contributed by atoms with Gasteiger partial charge < -0.3 is 5.11 Å². The summed E-state index contributed by atoms with van der Waals surface area (Å²) in [4.78, 5) is 4.24. The molecular weight excluding hydrogens is 186 g/mol. The largest absolute Gasteiger partial charge is 0.388 e. The summed E-state index contributed by atoms with van der Waals surface area (Å²) in [6, 6.07) is 3.91. The highest BCUT2D eigenvalue weighted by atomic mass is 16.3. The summed E-state index contributed by atoms with van der Waals surface area (Å²) < 4.78 is 0. The number of aliphatic hydroxyl groups excluding tert-OH is 1. The van der Waals surface area contributed by atoms with Crippen LogP contribution in [-0.4, -0.2) is 10.1 Å². The van der Waals surface area contributed by atoms with E-state index in [9.17, 15) is 5.11 Å². The third kappa shape index (κ3) is 2.05. The molecule has 0 aromatic carbocycles. The molecule has 0 aliphatic heterocycles. The first-order valence-electron chi connectivity index (χ1n) is 5.79. The van der Waals surface area contributed by atoms with Gasteiger partial charge in [-0.2, -0.15) is 0 Å². The van der Waals surface area contributed by atoms with E-state index in [4.69, 9.17) is 0 Å². The Morgan fingerprint density at radius 3 is 2.87 bits per heavy atom. The number of nitrogens with zero attached hydrogens (tertiary/aromatic N) is 1. The van der Waals surface area contributed by atoms with Gasteiger partial charge in [0.15, 0.2) is 0 Å². The first-order chi connectivity index (χ1) is 7.20. The van der Waals surface area contributed by atoms with Crippen LogP contribution in [0.2, 0.25) is 0 Å². The third-order valence-electron chi connectivity index (χ3n) is 3.70. The maximum atomic E-state index is 10.3. The van der Waals surface area contributed by atoms with Gasteiger partial charge >= 0.3 is 0 Å². The van der Waals surface area contributed by atoms with Gasteiger partial charge in [0.2, 0.25) is 0 Å². The molecule has 2 rings (SSSR count). The quantitative estimate of drug-likeness (QED) is 0.805. The fourth-order valence-electron chi connectivity index (χ4n) is 2.68. The SMILES string of the molecule is Cc1ncccc1[C@@H](O)C1CCCC1C. The van der Waals surface area contributed by atoms with Crippen molar-refractivity contribution < 1.29 is 5.11 Å². The Kier molecular flexibility index (Phi) is 3.06. The normalized spacial score (nSPS) is 27.9. The molecule has 1 aliphatic rings. The number of aryl methyl sites for hydroxylation is 1. The molecule has 3 atom stereocenters. The highest BCUT2D eigenvalue weighted by Crippen LogP contribution is 2.40. The van der Waals surface area contributed by atoms with Gasteiger partial charge in [-0.05, 0) is 31.2 Å². The van der Waals surface area contributed by atoms with Crippen molar-refractivity contribution in [3.63, 3.8) is 0 Å². The van der Waals surface area contributed by atoms with Crippen LogP contribution in [0, 0.1) is 18.8 Å². The summed E-state index contributed by atoms with van der Waals surface area (Å²) in [5, 5.41) is 10.3. The molecule has 0 saturated heterocycles. The highest BCUT2D eigenvalue weighted by Gasteiger charge is 2.31. The smallest absolute Gasteiger partial charge is 0.0838 e. The zero-order valence-corrected chi connectivity index (χ0v) is 9.48. The molecule has 1 fully saturated rings. The van der Waals surface area contributed by atoms with E-state index < -0.39 is 0 Å². The minimum absolute atomic E-state index is 0.323. The van der Waals surface area contributed by atoms with Crippen LogP contribution in [0.3, 0.4) is 0 Å². The Morgan fingerprint density at radius 2 is 2.27 bits per heavy atom. The van der Waals surface area contributed by atoms with Crippen molar-refractivity contribution in [3.05, 3.63) is 29.6 Å². The molecule has 82 valence electrons. The van der Waals surface area contributed by atoms with Gasteiger partial charge in [0.1, 0.15) is 0 Å². The average molecular weight is 205 g/mol. The molecule has 0 bridgehead atoms. The molecule has 1 aromatic rings. The Balaban J connectivity index is 2.20. The van der Waals surface area contributed by atoms with Crippen molar-refractivity contribution in [3.8, 4) is 0 Å². The lowest BCUT2D eigenvalue weighted by Gasteiger charge is -2.23. The second-order valence-corrected chi connectivity index (χ2v) is 4.69. The van der Waals surface area contributed by atoms with E-state index in [0.29, 0.717) is 11.8 Å². The van der Waals surface area contributed by atoms with Gasteiger partial charge in [0.05, 0.1) is 6.10 Å². The predicted molar refractivity (Wildman–Crippen MR) is 60.4 cm³/mol. The van der Waals surface area contributed by atoms with Crippen LogP contribution in [0.4, 0.5) is 0 Å². The number of hydrogen-bond donors (Lipinski definition) is 1. The van der Waals surface area contributed by atoms with Crippen LogP contribution in [0.25, 0.3) is 0 Å². The second kappa shape index (κ2) is 4.31. The topological polar surface area (TPSA) is 33.1 Å². The molecule has 1 aliphatic carbocycles. The van der Waals surface area contributed by atoms with Crippen LogP contribution in [-0.2, 0) is 0 Å². The van der Waals surface area contributed by atoms with E-state index in [1.54, 1.807) is 6.20 Å². The molecule has 1 heterocycles. The van der Waals surface area contributed by atoms with E-state index >= 15 is 0 Å². The minimum atomic E-state index is -0.323. The number of hydrogen-bond acceptors (Lipinski definition) is 2. The van der Waals surface area contributed by atoms with E-state index in [1.807, 2.05) is 19.1 Å². The zero-order valence-electron chi connectivity index (χ0n) is 9.48. The monoisotopic (exact) mass is 205 g/mol. The van der Waals surface area contributed by atoms with Crippen molar-refractivity contribution in [2.45, 2.75) is 39.2 Å². The van der Waals surface area contributed by atoms with E-state index in [1.165, 1.54) is 12.8 Å². The van der Waals surface area contributed by atoms with Gasteiger partial charge in [-0.1, -0.05) is 25.8 Å². The molecule has 0 radical (unpaired) electrons. The van der Waals surface area contributed by atoms with Crippen molar-refractivity contribution in [2.24, 2.45) is 11.8 Å². The van der Waals surface area contributed by atoms with Gasteiger partial charge in [-0.15, -0.1) is 0 Å². The van der Waals surface area contributed by atoms with Gasteiger partial charge in [-0.25, -0.2) is 0 Å². The van der Waals surface area contributed by atoms with E-state index in [0.717, 1.165) is 17.7 Å². The second-order valence-electron chi connectivity index (χ2n) is 4.69. The molecule has 1 N–H and O–H groups in total. The molecule has 1 aromatic heterocycles. The Bertz CT molecular complexity index is 337. The molecule has 0 amide bonds. The highest BCUT2D eigenvalue weighted by molar-refractivity contribution is 5.22. The van der Waals surface area contributed by atoms with Gasteiger partial charge in [0, 0.05) is 17.5 Å². The van der Waals surface area contributed by atoms with Crippen LogP contribution >= 0.6 is 0 Å². The summed E-state index contributed by atoms with van der Waals surface area (Å²) in [5.41, 5.74) is 1.97. The Hall–Kier alpha value is -0.890. The fourth-order valence-corrected chi connectivity index (χ4v) is 2.68. The summed E-state index contributed by atoms with van der Waals surface area (Å²) in [7, 11) is 0. The standard InChI is InChI=1S/C13H19NO/c1-9-5-3-6-11(9)13(15)12-7-4-8-14-10(12)2/h4,7-9,11,13,15H,3,5-6H2,1-2H3/t9?,11?,13-/m0/s1. The number of rotatable bonds is 2. The maximum Gasteiger partial charge on any atom is 0.0838 e. The number of aliphatic hydroxyl groups is 1. The molecule has 2 heteroatoms. The summed E-state index contributed by atoms with van der Waals surface area (Å²) >= 11 is 0. The first-order valence-corrected chi connectivity index (χ1v) is 5.79. The molecule has 2 nitrogen and oxygen atoms in total. The molecule has 2 unspecified atom stereocenters. The van der Waals surface area contributed by atoms with Gasteiger partial charge in [0.25, 0.3) is 0 Å². The van der Waals surface area contributed by atoms with Crippen molar-refractivity contribution >= 4 is 0 Å². The van der Waals surface area contributed by atoms with Crippen molar-refractivity contribution in [1.29, 1.82) is 0 Å². The minimum Gasteiger partial charge on any atom is -0.388 e. The molecule has 15 heavy (non-hydrogen) atoms. The van der Waals surface area contributed by atoms with Crippen LogP contribution < -0.4 is 0 Å². The van der Waals surface area contributed by atoms with Crippen molar-refractivity contribution in [1.82, 2.24) is 4.98 Å². The third-order valence-corrected chi connectivity index (χ3v) is 3.70. The maximum absolute atomic E-state index is 10.3. The average Bonchev–Trinajstić information content (AvgIpc) is 2.64. The fraction of sp³-hybridized carbons (Fsp3) is 0.615. The van der Waals surface area contributed by atoms with Crippen molar-refractivity contribution in [2.75, 3.05) is 0 Å². The predicted octanol–water partition coefficient (Wildman–Crippen LogP) is 2.86. The van der Waals surface area contributed by atoms with Crippen LogP contribution in [0.15, 0.2) is 18.3 Å². The van der Waals surface area contributed by atoms with Gasteiger partial charge in [-0.3, -0.25) is 4.98 Å². The summed E-state index contributed by atoms with van der Waals surface area (Å²) in [5.74, 6) is 1.06. The van der Waals surface area contributed by atoms with E-state index in [-0.39, 0.29) is 6.10 Å². The molecule has 0 spiro atoms. The number of pyridine rings is 1. The lowest BCUT2D eigenvalue weighted by molar-refractivity contribution is 0.0891.